The zero-order valence-electron chi connectivity index (χ0n) is 34.2. The molecular formula is C45H61N5O6S. The molecule has 57 heavy (non-hydrogen) atoms. The van der Waals surface area contributed by atoms with Gasteiger partial charge in [0.1, 0.15) is 11.7 Å². The molecule has 0 radical (unpaired) electrons. The average Bonchev–Trinajstić information content (AvgIpc) is 3.68. The number of amides is 2. The van der Waals surface area contributed by atoms with Gasteiger partial charge in [0.05, 0.1) is 11.5 Å². The molecule has 2 unspecified atom stereocenters. The standard InChI is InChI=1S/C45H61N5O6S/c1-5-6-7-8-9-10-11-12-13-14-15-16-17-21-32-55-38-27-25-36(26-28-38)42(51)40(34-50-31-30-46-43(50)45(53)47-37-22-19-18-20-23-37)44(52)48-41-33-39(29-24-35(41)2)57(54)56-49(3)4/h18-20,22-31,33,40H,5-17,21,32,34H2,1-4H3,(H,47,53)(H,48,52). The molecule has 4 rings (SSSR count). The minimum absolute atomic E-state index is 0.0473. The molecule has 11 nitrogen and oxygen atoms in total. The fourth-order valence-corrected chi connectivity index (χ4v) is 7.25. The van der Waals surface area contributed by atoms with Gasteiger partial charge in [0, 0.05) is 50.0 Å². The van der Waals surface area contributed by atoms with Crippen LogP contribution in [0.4, 0.5) is 11.4 Å². The van der Waals surface area contributed by atoms with Gasteiger partial charge in [-0.25, -0.2) is 9.19 Å². The summed E-state index contributed by atoms with van der Waals surface area (Å²) in [6.07, 6.45) is 21.1. The Hall–Kier alpha value is -4.65. The maximum atomic E-state index is 14.2. The van der Waals surface area contributed by atoms with Crippen LogP contribution >= 0.6 is 0 Å². The Bertz CT molecular complexity index is 1850. The summed E-state index contributed by atoms with van der Waals surface area (Å²) in [5.41, 5.74) is 1.98. The third-order valence-corrected chi connectivity index (χ3v) is 10.8. The summed E-state index contributed by atoms with van der Waals surface area (Å²) in [7, 11) is 3.24. The van der Waals surface area contributed by atoms with Gasteiger partial charge in [0.25, 0.3) is 5.91 Å². The smallest absolute Gasteiger partial charge is 0.291 e. The number of hydrogen-bond acceptors (Lipinski definition) is 8. The molecule has 1 aromatic heterocycles. The number of nitrogens with zero attached hydrogens (tertiary/aromatic N) is 3. The Kier molecular flexibility index (Phi) is 19.7. The number of unbranched alkanes of at least 4 members (excludes halogenated alkanes) is 13. The molecule has 2 N–H and O–H groups in total. The van der Waals surface area contributed by atoms with Crippen molar-refractivity contribution >= 4 is 40.1 Å². The third kappa shape index (κ3) is 15.7. The summed E-state index contributed by atoms with van der Waals surface area (Å²) in [4.78, 5) is 46.1. The number of hydroxylamine groups is 2. The van der Waals surface area contributed by atoms with Crippen LogP contribution in [0.1, 0.15) is 123 Å². The Balaban J connectivity index is 1.35. The van der Waals surface area contributed by atoms with Crippen molar-refractivity contribution in [2.45, 2.75) is 115 Å². The number of aryl methyl sites for hydroxylation is 1. The lowest BCUT2D eigenvalue weighted by molar-refractivity contribution is -0.118. The van der Waals surface area contributed by atoms with Crippen LogP contribution in [0.25, 0.3) is 0 Å². The second-order valence-corrected chi connectivity index (χ2v) is 15.8. The second-order valence-electron chi connectivity index (χ2n) is 14.7. The van der Waals surface area contributed by atoms with Crippen LogP contribution in [0, 0.1) is 12.8 Å². The molecule has 308 valence electrons. The van der Waals surface area contributed by atoms with E-state index in [1.165, 1.54) is 92.9 Å². The molecule has 0 saturated heterocycles. The fraction of sp³-hybridized carbons (Fsp3) is 0.467. The van der Waals surface area contributed by atoms with E-state index in [9.17, 15) is 18.6 Å². The van der Waals surface area contributed by atoms with Gasteiger partial charge < -0.3 is 19.9 Å². The van der Waals surface area contributed by atoms with E-state index in [0.29, 0.717) is 39.8 Å². The highest BCUT2D eigenvalue weighted by atomic mass is 32.2. The Morgan fingerprint density at radius 3 is 2.02 bits per heavy atom. The van der Waals surface area contributed by atoms with Crippen LogP contribution in [-0.4, -0.2) is 57.1 Å². The van der Waals surface area contributed by atoms with Crippen LogP contribution in [0.5, 0.6) is 5.75 Å². The van der Waals surface area contributed by atoms with Crippen LogP contribution in [-0.2, 0) is 26.7 Å². The van der Waals surface area contributed by atoms with E-state index in [4.69, 9.17) is 9.02 Å². The predicted octanol–water partition coefficient (Wildman–Crippen LogP) is 9.96. The Labute approximate surface area is 341 Å². The maximum absolute atomic E-state index is 14.2. The van der Waals surface area contributed by atoms with Gasteiger partial charge >= 0.3 is 0 Å². The molecule has 0 aliphatic heterocycles. The van der Waals surface area contributed by atoms with E-state index >= 15 is 0 Å². The average molecular weight is 800 g/mol. The van der Waals surface area contributed by atoms with Crippen LogP contribution in [0.3, 0.4) is 0 Å². The first-order valence-corrected chi connectivity index (χ1v) is 21.6. The summed E-state index contributed by atoms with van der Waals surface area (Å²) in [6, 6.07) is 20.7. The minimum Gasteiger partial charge on any atom is -0.494 e. The number of anilines is 2. The summed E-state index contributed by atoms with van der Waals surface area (Å²) in [6.45, 7) is 4.49. The molecule has 0 fully saturated rings. The van der Waals surface area contributed by atoms with Gasteiger partial charge in [0.15, 0.2) is 11.6 Å². The number of imidazole rings is 1. The first-order chi connectivity index (χ1) is 27.7. The van der Waals surface area contributed by atoms with Gasteiger partial charge in [-0.2, -0.15) is 9.35 Å². The van der Waals surface area contributed by atoms with Gasteiger partial charge in [-0.1, -0.05) is 115 Å². The normalized spacial score (nSPS) is 12.3. The monoisotopic (exact) mass is 799 g/mol. The van der Waals surface area contributed by atoms with Crippen molar-refractivity contribution in [1.29, 1.82) is 0 Å². The van der Waals surface area contributed by atoms with Crippen LogP contribution in [0.2, 0.25) is 0 Å². The van der Waals surface area contributed by atoms with Crippen molar-refractivity contribution in [3.8, 4) is 5.75 Å². The molecule has 0 aliphatic carbocycles. The van der Waals surface area contributed by atoms with Crippen molar-refractivity contribution in [1.82, 2.24) is 14.6 Å². The zero-order valence-corrected chi connectivity index (χ0v) is 35.0. The molecule has 0 spiro atoms. The zero-order chi connectivity index (χ0) is 40.8. The van der Waals surface area contributed by atoms with Crippen molar-refractivity contribution in [3.63, 3.8) is 0 Å². The number of carbonyl (C=O) groups excluding carboxylic acids is 3. The lowest BCUT2D eigenvalue weighted by Crippen LogP contribution is -2.34. The third-order valence-electron chi connectivity index (χ3n) is 9.74. The molecule has 0 aliphatic rings. The predicted molar refractivity (Wildman–Crippen MR) is 228 cm³/mol. The topological polar surface area (TPSA) is 132 Å². The number of carbonyl (C=O) groups is 3. The molecular weight excluding hydrogens is 739 g/mol. The highest BCUT2D eigenvalue weighted by Crippen LogP contribution is 2.24. The molecule has 1 heterocycles. The lowest BCUT2D eigenvalue weighted by atomic mass is 9.96. The number of ether oxygens (including phenoxy) is 1. The maximum Gasteiger partial charge on any atom is 0.291 e. The SMILES string of the molecule is CCCCCCCCCCCCCCCCOc1ccc(C(=O)C(Cn2ccnc2C(=O)Nc2ccccc2)C(=O)Nc2cc(S(=O)ON(C)C)ccc2C)cc1. The van der Waals surface area contributed by atoms with E-state index in [1.807, 2.05) is 6.07 Å². The number of ketones is 1. The summed E-state index contributed by atoms with van der Waals surface area (Å²) in [5.74, 6) is -2.08. The lowest BCUT2D eigenvalue weighted by Gasteiger charge is -2.19. The molecule has 4 aromatic rings. The van der Waals surface area contributed by atoms with E-state index in [1.54, 1.807) is 93.9 Å². The first kappa shape index (κ1) is 45.1. The van der Waals surface area contributed by atoms with E-state index in [2.05, 4.69) is 22.5 Å². The van der Waals surface area contributed by atoms with Crippen molar-refractivity contribution in [2.75, 3.05) is 31.3 Å². The molecule has 12 heteroatoms. The molecule has 0 bridgehead atoms. The highest BCUT2D eigenvalue weighted by molar-refractivity contribution is 7.80. The van der Waals surface area contributed by atoms with Crippen LogP contribution in [0.15, 0.2) is 90.1 Å². The number of para-hydroxylation sites is 1. The highest BCUT2D eigenvalue weighted by Gasteiger charge is 2.30. The van der Waals surface area contributed by atoms with Crippen LogP contribution < -0.4 is 15.4 Å². The number of rotatable bonds is 27. The van der Waals surface area contributed by atoms with E-state index in [-0.39, 0.29) is 12.4 Å². The number of benzene rings is 3. The van der Waals surface area contributed by atoms with Crippen molar-refractivity contribution in [3.05, 3.63) is 102 Å². The fourth-order valence-electron chi connectivity index (χ4n) is 6.50. The van der Waals surface area contributed by atoms with Gasteiger partial charge in [-0.3, -0.25) is 14.4 Å². The molecule has 0 saturated carbocycles. The first-order valence-electron chi connectivity index (χ1n) is 20.5. The van der Waals surface area contributed by atoms with E-state index in [0.717, 1.165) is 12.8 Å². The Morgan fingerprint density at radius 1 is 0.789 bits per heavy atom. The van der Waals surface area contributed by atoms with Gasteiger partial charge in [0.2, 0.25) is 17.0 Å². The number of aromatic nitrogens is 2. The summed E-state index contributed by atoms with van der Waals surface area (Å²) < 4.78 is 25.5. The number of Topliss-reactive ketones (excluding diaryl/α,β-unsaturated/α-hetero) is 1. The quantitative estimate of drug-likeness (QED) is 0.0264. The van der Waals surface area contributed by atoms with Crippen molar-refractivity contribution < 1.29 is 27.6 Å². The summed E-state index contributed by atoms with van der Waals surface area (Å²) in [5, 5.41) is 7.01. The molecule has 2 atom stereocenters. The summed E-state index contributed by atoms with van der Waals surface area (Å²) >= 11 is -1.82. The van der Waals surface area contributed by atoms with Gasteiger partial charge in [-0.05, 0) is 67.4 Å². The molecule has 2 amide bonds. The Morgan fingerprint density at radius 2 is 1.40 bits per heavy atom. The van der Waals surface area contributed by atoms with E-state index < -0.39 is 34.6 Å². The van der Waals surface area contributed by atoms with Gasteiger partial charge in [-0.15, -0.1) is 0 Å². The number of hydrogen-bond donors (Lipinski definition) is 2. The molecule has 3 aromatic carbocycles. The number of nitrogens with one attached hydrogen (secondary N) is 2. The largest absolute Gasteiger partial charge is 0.494 e. The van der Waals surface area contributed by atoms with Crippen molar-refractivity contribution in [2.24, 2.45) is 5.92 Å². The minimum atomic E-state index is -1.82. The second kappa shape index (κ2) is 24.9.